The fraction of sp³-hybridized carbons (Fsp3) is 0.571. The van der Waals surface area contributed by atoms with E-state index in [4.69, 9.17) is 4.74 Å². The zero-order valence-corrected chi connectivity index (χ0v) is 11.9. The van der Waals surface area contributed by atoms with Crippen LogP contribution in [-0.2, 0) is 11.2 Å². The van der Waals surface area contributed by atoms with Crippen LogP contribution in [0.1, 0.15) is 25.3 Å². The first kappa shape index (κ1) is 14.7. The maximum Gasteiger partial charge on any atom is 0.123 e. The summed E-state index contributed by atoms with van der Waals surface area (Å²) < 4.78 is 18.3. The van der Waals surface area contributed by atoms with Crippen molar-refractivity contribution in [2.75, 3.05) is 18.5 Å². The molecule has 1 nitrogen and oxygen atoms in total. The standard InChI is InChI=1S/C14H20BrFO/c1-2-8-17-9-7-13(11-15)10-12-3-5-14(16)6-4-12/h3-6,13H,2,7-11H2,1H3. The average molecular weight is 303 g/mol. The second-order valence-electron chi connectivity index (χ2n) is 4.25. The summed E-state index contributed by atoms with van der Waals surface area (Å²) >= 11 is 3.53. The quantitative estimate of drug-likeness (QED) is 0.517. The van der Waals surface area contributed by atoms with Crippen molar-refractivity contribution in [1.82, 2.24) is 0 Å². The first-order valence-corrected chi connectivity index (χ1v) is 7.26. The van der Waals surface area contributed by atoms with Gasteiger partial charge in [0.2, 0.25) is 0 Å². The van der Waals surface area contributed by atoms with Gasteiger partial charge in [0.25, 0.3) is 0 Å². The van der Waals surface area contributed by atoms with E-state index in [0.29, 0.717) is 5.92 Å². The van der Waals surface area contributed by atoms with E-state index in [2.05, 4.69) is 22.9 Å². The Balaban J connectivity index is 2.33. The zero-order valence-electron chi connectivity index (χ0n) is 10.3. The number of ether oxygens (including phenoxy) is 1. The third kappa shape index (κ3) is 6.18. The van der Waals surface area contributed by atoms with Crippen LogP contribution in [0.4, 0.5) is 4.39 Å². The molecule has 1 aromatic rings. The highest BCUT2D eigenvalue weighted by molar-refractivity contribution is 9.09. The molecule has 0 aromatic heterocycles. The fourth-order valence-electron chi connectivity index (χ4n) is 1.68. The maximum atomic E-state index is 12.8. The Labute approximate surface area is 111 Å². The number of alkyl halides is 1. The molecule has 0 aliphatic heterocycles. The molecule has 0 aliphatic rings. The van der Waals surface area contributed by atoms with Gasteiger partial charge in [-0.15, -0.1) is 0 Å². The zero-order chi connectivity index (χ0) is 12.5. The van der Waals surface area contributed by atoms with Crippen LogP contribution in [0.25, 0.3) is 0 Å². The first-order valence-electron chi connectivity index (χ1n) is 6.14. The van der Waals surface area contributed by atoms with Gasteiger partial charge >= 0.3 is 0 Å². The SMILES string of the molecule is CCCOCCC(CBr)Cc1ccc(F)cc1. The van der Waals surface area contributed by atoms with E-state index in [0.717, 1.165) is 37.8 Å². The molecule has 1 unspecified atom stereocenters. The Morgan fingerprint density at radius 2 is 1.94 bits per heavy atom. The van der Waals surface area contributed by atoms with Gasteiger partial charge in [-0.2, -0.15) is 0 Å². The van der Waals surface area contributed by atoms with Crippen LogP contribution < -0.4 is 0 Å². The van der Waals surface area contributed by atoms with Gasteiger partial charge in [-0.3, -0.25) is 0 Å². The molecule has 0 N–H and O–H groups in total. The maximum absolute atomic E-state index is 12.8. The molecular weight excluding hydrogens is 283 g/mol. The molecular formula is C14H20BrFO. The third-order valence-electron chi connectivity index (χ3n) is 2.67. The number of benzene rings is 1. The van der Waals surface area contributed by atoms with E-state index in [1.807, 2.05) is 12.1 Å². The Morgan fingerprint density at radius 3 is 2.53 bits per heavy atom. The van der Waals surface area contributed by atoms with E-state index in [1.165, 1.54) is 17.7 Å². The van der Waals surface area contributed by atoms with Crippen molar-refractivity contribution in [1.29, 1.82) is 0 Å². The van der Waals surface area contributed by atoms with Gasteiger partial charge in [0.05, 0.1) is 0 Å². The number of hydrogen-bond acceptors (Lipinski definition) is 1. The van der Waals surface area contributed by atoms with Gasteiger partial charge in [0.1, 0.15) is 5.82 Å². The average Bonchev–Trinajstić information content (AvgIpc) is 2.35. The summed E-state index contributed by atoms with van der Waals surface area (Å²) in [7, 11) is 0. The molecule has 1 aromatic carbocycles. The van der Waals surface area contributed by atoms with Crippen LogP contribution in [0.15, 0.2) is 24.3 Å². The summed E-state index contributed by atoms with van der Waals surface area (Å²) in [5, 5.41) is 0.958. The fourth-order valence-corrected chi connectivity index (χ4v) is 2.24. The summed E-state index contributed by atoms with van der Waals surface area (Å²) in [6, 6.07) is 6.76. The lowest BCUT2D eigenvalue weighted by atomic mass is 9.98. The monoisotopic (exact) mass is 302 g/mol. The highest BCUT2D eigenvalue weighted by Gasteiger charge is 2.08. The van der Waals surface area contributed by atoms with Crippen LogP contribution in [-0.4, -0.2) is 18.5 Å². The molecule has 0 saturated heterocycles. The van der Waals surface area contributed by atoms with Crippen molar-refractivity contribution < 1.29 is 9.13 Å². The van der Waals surface area contributed by atoms with E-state index in [-0.39, 0.29) is 5.82 Å². The van der Waals surface area contributed by atoms with Crippen LogP contribution in [0.3, 0.4) is 0 Å². The lowest BCUT2D eigenvalue weighted by Crippen LogP contribution is -2.10. The molecule has 0 spiro atoms. The number of hydrogen-bond donors (Lipinski definition) is 0. The highest BCUT2D eigenvalue weighted by atomic mass is 79.9. The van der Waals surface area contributed by atoms with Crippen molar-refractivity contribution in [3.8, 4) is 0 Å². The van der Waals surface area contributed by atoms with Gasteiger partial charge in [-0.25, -0.2) is 4.39 Å². The Hall–Kier alpha value is -0.410. The smallest absolute Gasteiger partial charge is 0.123 e. The van der Waals surface area contributed by atoms with Crippen LogP contribution in [0, 0.1) is 11.7 Å². The van der Waals surface area contributed by atoms with Crippen molar-refractivity contribution in [3.63, 3.8) is 0 Å². The van der Waals surface area contributed by atoms with Crippen molar-refractivity contribution >= 4 is 15.9 Å². The summed E-state index contributed by atoms with van der Waals surface area (Å²) in [4.78, 5) is 0. The molecule has 0 bridgehead atoms. The molecule has 3 heteroatoms. The van der Waals surface area contributed by atoms with Gasteiger partial charge in [-0.05, 0) is 42.9 Å². The topological polar surface area (TPSA) is 9.23 Å². The van der Waals surface area contributed by atoms with Crippen molar-refractivity contribution in [2.45, 2.75) is 26.2 Å². The van der Waals surface area contributed by atoms with Crippen LogP contribution in [0.2, 0.25) is 0 Å². The first-order chi connectivity index (χ1) is 8.26. The predicted molar refractivity (Wildman–Crippen MR) is 73.1 cm³/mol. The third-order valence-corrected chi connectivity index (χ3v) is 3.59. The summed E-state index contributed by atoms with van der Waals surface area (Å²) in [5.41, 5.74) is 1.19. The van der Waals surface area contributed by atoms with E-state index in [1.54, 1.807) is 0 Å². The largest absolute Gasteiger partial charge is 0.381 e. The van der Waals surface area contributed by atoms with Crippen LogP contribution in [0.5, 0.6) is 0 Å². The molecule has 96 valence electrons. The predicted octanol–water partition coefficient (Wildman–Crippen LogP) is 4.20. The minimum Gasteiger partial charge on any atom is -0.381 e. The molecule has 0 saturated carbocycles. The molecule has 17 heavy (non-hydrogen) atoms. The number of halogens is 2. The Morgan fingerprint density at radius 1 is 1.24 bits per heavy atom. The molecule has 0 fully saturated rings. The van der Waals surface area contributed by atoms with E-state index >= 15 is 0 Å². The van der Waals surface area contributed by atoms with Crippen LogP contribution >= 0.6 is 15.9 Å². The minimum absolute atomic E-state index is 0.171. The molecule has 1 rings (SSSR count). The Bertz CT molecular complexity index is 300. The van der Waals surface area contributed by atoms with Crippen molar-refractivity contribution in [2.24, 2.45) is 5.92 Å². The van der Waals surface area contributed by atoms with E-state index in [9.17, 15) is 4.39 Å². The summed E-state index contributed by atoms with van der Waals surface area (Å²) in [6.07, 6.45) is 3.08. The van der Waals surface area contributed by atoms with Crippen molar-refractivity contribution in [3.05, 3.63) is 35.6 Å². The summed E-state index contributed by atoms with van der Waals surface area (Å²) in [5.74, 6) is 0.382. The van der Waals surface area contributed by atoms with E-state index < -0.39 is 0 Å². The molecule has 0 amide bonds. The Kier molecular flexibility index (Phi) is 7.45. The van der Waals surface area contributed by atoms with Gasteiger partial charge < -0.3 is 4.74 Å². The highest BCUT2D eigenvalue weighted by Crippen LogP contribution is 2.15. The minimum atomic E-state index is -0.171. The molecule has 0 radical (unpaired) electrons. The van der Waals surface area contributed by atoms with Gasteiger partial charge in [0, 0.05) is 18.5 Å². The normalized spacial score (nSPS) is 12.6. The molecule has 0 aliphatic carbocycles. The van der Waals surface area contributed by atoms with Gasteiger partial charge in [0.15, 0.2) is 0 Å². The van der Waals surface area contributed by atoms with Gasteiger partial charge in [-0.1, -0.05) is 35.0 Å². The second-order valence-corrected chi connectivity index (χ2v) is 4.90. The lowest BCUT2D eigenvalue weighted by molar-refractivity contribution is 0.123. The second kappa shape index (κ2) is 8.65. The number of rotatable bonds is 8. The molecule has 0 heterocycles. The molecule has 1 atom stereocenters. The summed E-state index contributed by atoms with van der Waals surface area (Å²) in [6.45, 7) is 3.76. The lowest BCUT2D eigenvalue weighted by Gasteiger charge is -2.14.